The summed E-state index contributed by atoms with van der Waals surface area (Å²) in [4.78, 5) is 1.81. The monoisotopic (exact) mass is 207 g/mol. The van der Waals surface area contributed by atoms with Gasteiger partial charge in [-0.2, -0.15) is 0 Å². The number of alkyl halides is 2. The lowest BCUT2D eigenvalue weighted by Crippen LogP contribution is -2.36. The van der Waals surface area contributed by atoms with E-state index in [9.17, 15) is 8.78 Å². The molecule has 0 bridgehead atoms. The maximum absolute atomic E-state index is 12.0. The van der Waals surface area contributed by atoms with Crippen LogP contribution in [0.4, 0.5) is 8.78 Å². The Morgan fingerprint density at radius 3 is 2.07 bits per heavy atom. The van der Waals surface area contributed by atoms with E-state index in [1.807, 2.05) is 25.8 Å². The maximum atomic E-state index is 12.0. The van der Waals surface area contributed by atoms with Gasteiger partial charge in [-0.15, -0.1) is 0 Å². The molecule has 1 nitrogen and oxygen atoms in total. The molecule has 0 aliphatic heterocycles. The van der Waals surface area contributed by atoms with Crippen molar-refractivity contribution in [2.45, 2.75) is 58.4 Å². The first-order valence-corrected chi connectivity index (χ1v) is 5.68. The summed E-state index contributed by atoms with van der Waals surface area (Å²) in [5.74, 6) is 0. The van der Waals surface area contributed by atoms with Crippen LogP contribution in [-0.2, 0) is 0 Å². The minimum absolute atomic E-state index is 0.0648. The van der Waals surface area contributed by atoms with E-state index in [4.69, 9.17) is 0 Å². The zero-order chi connectivity index (χ0) is 11.0. The quantitative estimate of drug-likeness (QED) is 0.684. The van der Waals surface area contributed by atoms with E-state index in [2.05, 4.69) is 0 Å². The molecule has 1 aliphatic rings. The summed E-state index contributed by atoms with van der Waals surface area (Å²) >= 11 is 0. The Morgan fingerprint density at radius 1 is 1.14 bits per heavy atom. The highest BCUT2D eigenvalue weighted by molar-refractivity contribution is 4.73. The molecule has 1 aliphatic carbocycles. The van der Waals surface area contributed by atoms with Gasteiger partial charge in [0.25, 0.3) is 6.43 Å². The van der Waals surface area contributed by atoms with Gasteiger partial charge in [0, 0.05) is 6.04 Å². The molecule has 14 heavy (non-hydrogen) atoms. The summed E-state index contributed by atoms with van der Waals surface area (Å²) in [6.45, 7) is 3.94. The summed E-state index contributed by atoms with van der Waals surface area (Å²) in [7, 11) is 1.81. The van der Waals surface area contributed by atoms with Crippen LogP contribution in [0.2, 0.25) is 0 Å². The normalized spacial score (nSPS) is 18.2. The second-order valence-electron chi connectivity index (χ2n) is 3.62. The van der Waals surface area contributed by atoms with Gasteiger partial charge in [0.15, 0.2) is 0 Å². The third-order valence-electron chi connectivity index (χ3n) is 2.62. The van der Waals surface area contributed by atoms with Gasteiger partial charge in [-0.3, -0.25) is 4.90 Å². The molecule has 1 fully saturated rings. The average Bonchev–Trinajstić information content (AvgIpc) is 2.21. The standard InChI is InChI=1S/C9H17F2N.C2H6/c1-12(7-9(10)11)8-5-3-2-4-6-8;1-2/h8-9H,2-7H2,1H3;1-2H3. The fourth-order valence-electron chi connectivity index (χ4n) is 1.89. The summed E-state index contributed by atoms with van der Waals surface area (Å²) < 4.78 is 24.0. The van der Waals surface area contributed by atoms with Gasteiger partial charge < -0.3 is 0 Å². The van der Waals surface area contributed by atoms with Crippen LogP contribution in [0.25, 0.3) is 0 Å². The molecule has 0 unspecified atom stereocenters. The van der Waals surface area contributed by atoms with Crippen molar-refractivity contribution in [1.29, 1.82) is 0 Å². The average molecular weight is 207 g/mol. The summed E-state index contributed by atoms with van der Waals surface area (Å²) in [6.07, 6.45) is 3.71. The van der Waals surface area contributed by atoms with Crippen LogP contribution in [-0.4, -0.2) is 31.0 Å². The molecule has 0 heterocycles. The molecule has 0 atom stereocenters. The molecular weight excluding hydrogens is 184 g/mol. The fraction of sp³-hybridized carbons (Fsp3) is 1.00. The minimum Gasteiger partial charge on any atom is -0.298 e. The van der Waals surface area contributed by atoms with E-state index in [0.29, 0.717) is 6.04 Å². The van der Waals surface area contributed by atoms with Gasteiger partial charge in [0.05, 0.1) is 6.54 Å². The first kappa shape index (κ1) is 13.8. The molecule has 0 aromatic rings. The number of halogens is 2. The van der Waals surface area contributed by atoms with Crippen molar-refractivity contribution in [3.63, 3.8) is 0 Å². The summed E-state index contributed by atoms with van der Waals surface area (Å²) in [5.41, 5.74) is 0. The predicted molar refractivity (Wildman–Crippen MR) is 56.9 cm³/mol. The smallest absolute Gasteiger partial charge is 0.251 e. The Kier molecular flexibility index (Phi) is 8.05. The number of nitrogens with zero attached hydrogens (tertiary/aromatic N) is 1. The molecule has 0 radical (unpaired) electrons. The van der Waals surface area contributed by atoms with Crippen molar-refractivity contribution < 1.29 is 8.78 Å². The van der Waals surface area contributed by atoms with Gasteiger partial charge in [-0.25, -0.2) is 8.78 Å². The first-order chi connectivity index (χ1) is 6.70. The van der Waals surface area contributed by atoms with Crippen LogP contribution in [0.5, 0.6) is 0 Å². The molecule has 0 aromatic carbocycles. The lowest BCUT2D eigenvalue weighted by atomic mass is 9.94. The lowest BCUT2D eigenvalue weighted by Gasteiger charge is -2.30. The van der Waals surface area contributed by atoms with E-state index >= 15 is 0 Å². The highest BCUT2D eigenvalue weighted by atomic mass is 19.3. The van der Waals surface area contributed by atoms with Gasteiger partial charge in [0.2, 0.25) is 0 Å². The van der Waals surface area contributed by atoms with Crippen molar-refractivity contribution in [1.82, 2.24) is 4.90 Å². The SMILES string of the molecule is CC.CN(CC(F)F)C1CCCCC1. The second kappa shape index (κ2) is 8.16. The van der Waals surface area contributed by atoms with Crippen molar-refractivity contribution in [2.75, 3.05) is 13.6 Å². The van der Waals surface area contributed by atoms with Gasteiger partial charge in [-0.05, 0) is 19.9 Å². The van der Waals surface area contributed by atoms with Crippen LogP contribution >= 0.6 is 0 Å². The third kappa shape index (κ3) is 5.53. The Balaban J connectivity index is 0.000000791. The van der Waals surface area contributed by atoms with Crippen LogP contribution in [0.3, 0.4) is 0 Å². The van der Waals surface area contributed by atoms with Gasteiger partial charge in [0.1, 0.15) is 0 Å². The zero-order valence-corrected chi connectivity index (χ0v) is 9.60. The fourth-order valence-corrected chi connectivity index (χ4v) is 1.89. The largest absolute Gasteiger partial charge is 0.298 e. The van der Waals surface area contributed by atoms with E-state index in [0.717, 1.165) is 12.8 Å². The van der Waals surface area contributed by atoms with Crippen LogP contribution in [0.1, 0.15) is 46.0 Å². The highest BCUT2D eigenvalue weighted by Gasteiger charge is 2.19. The summed E-state index contributed by atoms with van der Waals surface area (Å²) in [6, 6.07) is 0.410. The molecule has 1 saturated carbocycles. The third-order valence-corrected chi connectivity index (χ3v) is 2.62. The van der Waals surface area contributed by atoms with E-state index in [-0.39, 0.29) is 6.54 Å². The Bertz CT molecular complexity index is 122. The van der Waals surface area contributed by atoms with Crippen LogP contribution in [0, 0.1) is 0 Å². The predicted octanol–water partition coefficient (Wildman–Crippen LogP) is 3.54. The molecule has 86 valence electrons. The molecular formula is C11H23F2N. The van der Waals surface area contributed by atoms with Crippen LogP contribution in [0.15, 0.2) is 0 Å². The van der Waals surface area contributed by atoms with E-state index in [1.165, 1.54) is 19.3 Å². The minimum atomic E-state index is -2.18. The molecule has 3 heteroatoms. The molecule has 1 rings (SSSR count). The summed E-state index contributed by atoms with van der Waals surface area (Å²) in [5, 5.41) is 0. The Labute approximate surface area is 86.5 Å². The number of hydrogen-bond donors (Lipinski definition) is 0. The number of hydrogen-bond acceptors (Lipinski definition) is 1. The van der Waals surface area contributed by atoms with Crippen molar-refractivity contribution >= 4 is 0 Å². The molecule has 0 N–H and O–H groups in total. The van der Waals surface area contributed by atoms with Crippen molar-refractivity contribution in [3.05, 3.63) is 0 Å². The number of rotatable bonds is 3. The van der Waals surface area contributed by atoms with E-state index in [1.54, 1.807) is 0 Å². The van der Waals surface area contributed by atoms with Gasteiger partial charge >= 0.3 is 0 Å². The Morgan fingerprint density at radius 2 is 1.64 bits per heavy atom. The Hall–Kier alpha value is -0.180. The topological polar surface area (TPSA) is 3.24 Å². The lowest BCUT2D eigenvalue weighted by molar-refractivity contribution is 0.0707. The zero-order valence-electron chi connectivity index (χ0n) is 9.60. The molecule has 0 amide bonds. The van der Waals surface area contributed by atoms with Crippen molar-refractivity contribution in [2.24, 2.45) is 0 Å². The van der Waals surface area contributed by atoms with Crippen molar-refractivity contribution in [3.8, 4) is 0 Å². The highest BCUT2D eigenvalue weighted by Crippen LogP contribution is 2.21. The first-order valence-electron chi connectivity index (χ1n) is 5.68. The molecule has 0 saturated heterocycles. The molecule has 0 spiro atoms. The van der Waals surface area contributed by atoms with Crippen LogP contribution < -0.4 is 0 Å². The maximum Gasteiger partial charge on any atom is 0.251 e. The van der Waals surface area contributed by atoms with Gasteiger partial charge in [-0.1, -0.05) is 33.1 Å². The second-order valence-corrected chi connectivity index (χ2v) is 3.62. The molecule has 0 aromatic heterocycles. The van der Waals surface area contributed by atoms with E-state index < -0.39 is 6.43 Å².